The maximum Gasteiger partial charge on any atom is 0.164 e. The van der Waals surface area contributed by atoms with Crippen molar-refractivity contribution < 1.29 is 4.42 Å². The lowest BCUT2D eigenvalue weighted by Crippen LogP contribution is -2.02. The summed E-state index contributed by atoms with van der Waals surface area (Å²) in [6.45, 7) is 0. The summed E-state index contributed by atoms with van der Waals surface area (Å²) < 4.78 is 9.25. The van der Waals surface area contributed by atoms with E-state index in [1.165, 1.54) is 32.7 Å². The van der Waals surface area contributed by atoms with Gasteiger partial charge in [-0.3, -0.25) is 0 Å². The van der Waals surface area contributed by atoms with Crippen LogP contribution >= 0.6 is 0 Å². The van der Waals surface area contributed by atoms with Gasteiger partial charge in [0, 0.05) is 49.2 Å². The van der Waals surface area contributed by atoms with Gasteiger partial charge in [-0.25, -0.2) is 15.0 Å². The Balaban J connectivity index is 1.000. The average Bonchev–Trinajstić information content (AvgIpc) is 3.98. The Bertz CT molecular complexity index is 4340. The molecule has 14 rings (SSSR count). The summed E-state index contributed by atoms with van der Waals surface area (Å²) >= 11 is 0. The van der Waals surface area contributed by atoms with E-state index in [0.717, 1.165) is 88.4 Å². The summed E-state index contributed by atoms with van der Waals surface area (Å²) in [5.74, 6) is 1.78. The van der Waals surface area contributed by atoms with E-state index in [2.05, 4.69) is 223 Å². The molecular weight excluding hydrogens is 853 g/mol. The minimum Gasteiger partial charge on any atom is -0.455 e. The molecule has 3 aromatic heterocycles. The van der Waals surface area contributed by atoms with Crippen LogP contribution in [-0.2, 0) is 0 Å². The van der Waals surface area contributed by atoms with Crippen molar-refractivity contribution in [1.29, 1.82) is 0 Å². The molecule has 326 valence electrons. The van der Waals surface area contributed by atoms with Gasteiger partial charge in [0.2, 0.25) is 0 Å². The molecule has 0 saturated heterocycles. The molecule has 0 fully saturated rings. The second kappa shape index (κ2) is 16.1. The highest BCUT2D eigenvalue weighted by Crippen LogP contribution is 2.45. The van der Waals surface area contributed by atoms with Crippen LogP contribution in [0.5, 0.6) is 0 Å². The van der Waals surface area contributed by atoms with Gasteiger partial charge in [0.1, 0.15) is 11.2 Å². The molecule has 0 radical (unpaired) electrons. The molecule has 0 unspecified atom stereocenters. The largest absolute Gasteiger partial charge is 0.455 e. The van der Waals surface area contributed by atoms with Crippen molar-refractivity contribution in [3.05, 3.63) is 243 Å². The molecule has 70 heavy (non-hydrogen) atoms. The van der Waals surface area contributed by atoms with Crippen molar-refractivity contribution in [1.82, 2.24) is 19.5 Å². The molecule has 0 aliphatic carbocycles. The predicted molar refractivity (Wildman–Crippen MR) is 289 cm³/mol. The van der Waals surface area contributed by atoms with Gasteiger partial charge in [0.25, 0.3) is 0 Å². The number of furan rings is 1. The van der Waals surface area contributed by atoms with Gasteiger partial charge in [-0.05, 0) is 98.6 Å². The lowest BCUT2D eigenvalue weighted by molar-refractivity contribution is 0.673. The number of aromatic nitrogens is 4. The Kier molecular flexibility index (Phi) is 9.14. The monoisotopic (exact) mass is 892 g/mol. The van der Waals surface area contributed by atoms with E-state index in [-0.39, 0.29) is 0 Å². The van der Waals surface area contributed by atoms with Crippen LogP contribution in [0.1, 0.15) is 0 Å². The van der Waals surface area contributed by atoms with Crippen LogP contribution in [0, 0.1) is 0 Å². The standard InChI is InChI=1S/C65H40N4O/c1-3-15-41(16-4-1)42-29-31-43(32-30-42)46-22-13-23-49(37-46)64-66-63(45-18-5-2-6-19-45)67-65(68-64)50-34-36-58(69-57-27-12-11-25-52(57)55-38-47-20-7-8-21-48(47)40-59(55)69)56(39-50)53-26-14-28-60-61(53)54-35-33-44-17-9-10-24-51(44)62(54)70-60/h1-40H. The van der Waals surface area contributed by atoms with E-state index in [0.29, 0.717) is 17.5 Å². The maximum atomic E-state index is 6.82. The fourth-order valence-corrected chi connectivity index (χ4v) is 10.5. The van der Waals surface area contributed by atoms with Crippen molar-refractivity contribution >= 4 is 65.3 Å². The molecule has 0 N–H and O–H groups in total. The molecule has 3 heterocycles. The third-order valence-electron chi connectivity index (χ3n) is 13.8. The Labute approximate surface area is 403 Å². The number of para-hydroxylation sites is 1. The molecule has 5 heteroatoms. The summed E-state index contributed by atoms with van der Waals surface area (Å²) in [6, 6.07) is 85.9. The van der Waals surface area contributed by atoms with Crippen molar-refractivity contribution in [2.45, 2.75) is 0 Å². The van der Waals surface area contributed by atoms with E-state index < -0.39 is 0 Å². The van der Waals surface area contributed by atoms with Crippen molar-refractivity contribution in [2.75, 3.05) is 0 Å². The SMILES string of the molecule is c1ccc(-c2ccc(-c3cccc(-c4nc(-c5ccccc5)nc(-c5ccc(-n6c7ccccc7c7cc8ccccc8cc76)c(-c6cccc7oc8c9ccccc9ccc8c67)c5)n4)c3)cc2)cc1. The van der Waals surface area contributed by atoms with E-state index in [9.17, 15) is 0 Å². The first-order valence-corrected chi connectivity index (χ1v) is 23.7. The van der Waals surface area contributed by atoms with Gasteiger partial charge in [0.15, 0.2) is 17.5 Å². The molecule has 0 amide bonds. The summed E-state index contributed by atoms with van der Waals surface area (Å²) in [5.41, 5.74) is 14.3. The smallest absolute Gasteiger partial charge is 0.164 e. The summed E-state index contributed by atoms with van der Waals surface area (Å²) in [5, 5.41) is 9.15. The molecule has 0 bridgehead atoms. The molecule has 0 aliphatic heterocycles. The predicted octanol–water partition coefficient (Wildman–Crippen LogP) is 17.2. The minimum atomic E-state index is 0.581. The number of rotatable bonds is 7. The average molecular weight is 893 g/mol. The van der Waals surface area contributed by atoms with Crippen LogP contribution in [0.25, 0.3) is 139 Å². The third-order valence-corrected chi connectivity index (χ3v) is 13.8. The van der Waals surface area contributed by atoms with Crippen LogP contribution in [0.2, 0.25) is 0 Å². The van der Waals surface area contributed by atoms with Gasteiger partial charge >= 0.3 is 0 Å². The highest BCUT2D eigenvalue weighted by molar-refractivity contribution is 6.20. The molecule has 0 saturated carbocycles. The van der Waals surface area contributed by atoms with E-state index in [1.54, 1.807) is 0 Å². The van der Waals surface area contributed by atoms with Gasteiger partial charge in [-0.2, -0.15) is 0 Å². The van der Waals surface area contributed by atoms with E-state index in [4.69, 9.17) is 19.4 Å². The summed E-state index contributed by atoms with van der Waals surface area (Å²) in [6.07, 6.45) is 0. The van der Waals surface area contributed by atoms with Crippen LogP contribution in [0.3, 0.4) is 0 Å². The van der Waals surface area contributed by atoms with Crippen LogP contribution in [0.15, 0.2) is 247 Å². The zero-order valence-electron chi connectivity index (χ0n) is 37.8. The fourth-order valence-electron chi connectivity index (χ4n) is 10.5. The molecule has 0 aliphatic rings. The molecule has 5 nitrogen and oxygen atoms in total. The summed E-state index contributed by atoms with van der Waals surface area (Å²) in [4.78, 5) is 15.8. The lowest BCUT2D eigenvalue weighted by Gasteiger charge is -2.17. The highest BCUT2D eigenvalue weighted by Gasteiger charge is 2.22. The molecular formula is C65H40N4O. The van der Waals surface area contributed by atoms with Crippen molar-refractivity contribution in [3.63, 3.8) is 0 Å². The molecule has 11 aromatic carbocycles. The maximum absolute atomic E-state index is 6.82. The minimum absolute atomic E-state index is 0.581. The van der Waals surface area contributed by atoms with Crippen LogP contribution < -0.4 is 0 Å². The van der Waals surface area contributed by atoms with Crippen molar-refractivity contribution in [2.24, 2.45) is 0 Å². The van der Waals surface area contributed by atoms with Gasteiger partial charge in [0.05, 0.1) is 16.7 Å². The highest BCUT2D eigenvalue weighted by atomic mass is 16.3. The Morgan fingerprint density at radius 2 is 0.857 bits per heavy atom. The van der Waals surface area contributed by atoms with E-state index in [1.807, 2.05) is 24.3 Å². The topological polar surface area (TPSA) is 56.7 Å². The second-order valence-electron chi connectivity index (χ2n) is 17.9. The number of hydrogen-bond acceptors (Lipinski definition) is 4. The zero-order chi connectivity index (χ0) is 46.1. The second-order valence-corrected chi connectivity index (χ2v) is 17.9. The normalized spacial score (nSPS) is 11.7. The zero-order valence-corrected chi connectivity index (χ0v) is 37.8. The lowest BCUT2D eigenvalue weighted by atomic mass is 9.95. The van der Waals surface area contributed by atoms with E-state index >= 15 is 0 Å². The first kappa shape index (κ1) is 39.7. The van der Waals surface area contributed by atoms with Crippen LogP contribution in [0.4, 0.5) is 0 Å². The molecule has 0 spiro atoms. The quantitative estimate of drug-likeness (QED) is 0.160. The number of nitrogens with zero attached hydrogens (tertiary/aromatic N) is 4. The third kappa shape index (κ3) is 6.59. The fraction of sp³-hybridized carbons (Fsp3) is 0. The molecule has 14 aromatic rings. The number of fused-ring (bicyclic) bond motifs is 9. The first-order chi connectivity index (χ1) is 34.7. The Morgan fingerprint density at radius 3 is 1.63 bits per heavy atom. The number of hydrogen-bond donors (Lipinski definition) is 0. The first-order valence-electron chi connectivity index (χ1n) is 23.7. The Morgan fingerprint density at radius 1 is 0.300 bits per heavy atom. The molecule has 0 atom stereocenters. The van der Waals surface area contributed by atoms with Crippen LogP contribution in [-0.4, -0.2) is 19.5 Å². The van der Waals surface area contributed by atoms with Gasteiger partial charge in [-0.15, -0.1) is 0 Å². The Hall–Kier alpha value is -9.45. The van der Waals surface area contributed by atoms with Crippen molar-refractivity contribution in [3.8, 4) is 73.2 Å². The van der Waals surface area contributed by atoms with Gasteiger partial charge < -0.3 is 8.98 Å². The summed E-state index contributed by atoms with van der Waals surface area (Å²) in [7, 11) is 0. The number of benzene rings is 11. The van der Waals surface area contributed by atoms with Gasteiger partial charge in [-0.1, -0.05) is 188 Å².